The minimum Gasteiger partial charge on any atom is -0.489 e. The molecule has 304 valence electrons. The van der Waals surface area contributed by atoms with Crippen LogP contribution in [0.3, 0.4) is 0 Å². The fraction of sp³-hybridized carbons (Fsp3) is 0.825. The predicted molar refractivity (Wildman–Crippen MR) is 204 cm³/mol. The first-order valence-electron chi connectivity index (χ1n) is 20.0. The molecule has 0 aliphatic rings. The van der Waals surface area contributed by atoms with Gasteiger partial charge >= 0.3 is 5.97 Å². The van der Waals surface area contributed by atoms with Crippen molar-refractivity contribution < 1.29 is 52.2 Å². The van der Waals surface area contributed by atoms with Crippen LogP contribution in [0, 0.1) is 0 Å². The number of benzene rings is 1. The molecule has 0 atom stereocenters. The number of carbonyl (C=O) groups is 1. The van der Waals surface area contributed by atoms with E-state index in [4.69, 9.17) is 53.1 Å². The van der Waals surface area contributed by atoms with Crippen LogP contribution >= 0.6 is 0 Å². The molecule has 0 saturated heterocycles. The fourth-order valence-corrected chi connectivity index (χ4v) is 5.04. The van der Waals surface area contributed by atoms with Crippen molar-refractivity contribution in [2.45, 2.75) is 96.8 Å². The van der Waals surface area contributed by atoms with Crippen molar-refractivity contribution in [3.8, 4) is 5.75 Å². The number of unbranched alkanes of at least 4 members (excludes halogenated alkanes) is 12. The van der Waals surface area contributed by atoms with Crippen molar-refractivity contribution in [3.63, 3.8) is 0 Å². The Morgan fingerprint density at radius 3 is 1.15 bits per heavy atom. The van der Waals surface area contributed by atoms with E-state index in [1.54, 1.807) is 6.07 Å². The molecular weight excluding hydrogens is 670 g/mol. The van der Waals surface area contributed by atoms with Crippen LogP contribution in [-0.4, -0.2) is 125 Å². The number of carbonyl (C=O) groups excluding carboxylic acids is 1. The first-order chi connectivity index (χ1) is 25.7. The second-order valence-corrected chi connectivity index (χ2v) is 12.5. The van der Waals surface area contributed by atoms with E-state index in [9.17, 15) is 4.79 Å². The first-order valence-corrected chi connectivity index (χ1v) is 20.0. The van der Waals surface area contributed by atoms with E-state index in [0.717, 1.165) is 12.8 Å². The summed E-state index contributed by atoms with van der Waals surface area (Å²) in [5.74, 6) is 0.536. The summed E-state index contributed by atoms with van der Waals surface area (Å²) in [6.45, 7) is 10.7. The molecule has 0 amide bonds. The monoisotopic (exact) mass is 744 g/mol. The van der Waals surface area contributed by atoms with Gasteiger partial charge in [0, 0.05) is 6.42 Å². The number of esters is 1. The average Bonchev–Trinajstić information content (AvgIpc) is 3.15. The Morgan fingerprint density at radius 2 is 0.769 bits per heavy atom. The summed E-state index contributed by atoms with van der Waals surface area (Å²) in [7, 11) is 0. The van der Waals surface area contributed by atoms with E-state index in [1.807, 2.05) is 18.2 Å². The van der Waals surface area contributed by atoms with Crippen molar-refractivity contribution in [1.82, 2.24) is 0 Å². The quantitative estimate of drug-likeness (QED) is 0.0429. The van der Waals surface area contributed by atoms with E-state index in [-0.39, 0.29) is 12.6 Å². The van der Waals surface area contributed by atoms with Crippen LogP contribution in [0.25, 0.3) is 0 Å². The van der Waals surface area contributed by atoms with Gasteiger partial charge in [-0.05, 0) is 18.6 Å². The molecule has 52 heavy (non-hydrogen) atoms. The lowest BCUT2D eigenvalue weighted by atomic mass is 10.0. The van der Waals surface area contributed by atoms with Crippen molar-refractivity contribution in [2.75, 3.05) is 125 Å². The van der Waals surface area contributed by atoms with E-state index >= 15 is 0 Å². The minimum absolute atomic E-state index is 0.132. The van der Waals surface area contributed by atoms with Gasteiger partial charge in [-0.1, -0.05) is 96.1 Å². The molecular formula is C40H73NO11. The molecule has 1 rings (SSSR count). The Balaban J connectivity index is 1.65. The Kier molecular flexibility index (Phi) is 37.1. The highest BCUT2D eigenvalue weighted by atomic mass is 16.6. The van der Waals surface area contributed by atoms with Gasteiger partial charge in [0.1, 0.15) is 19.0 Å². The molecule has 0 radical (unpaired) electrons. The van der Waals surface area contributed by atoms with Crippen molar-refractivity contribution in [1.29, 1.82) is 0 Å². The van der Waals surface area contributed by atoms with Crippen LogP contribution in [0.15, 0.2) is 24.3 Å². The van der Waals surface area contributed by atoms with Gasteiger partial charge in [0.05, 0.1) is 111 Å². The van der Waals surface area contributed by atoms with Crippen LogP contribution in [-0.2, 0) is 47.4 Å². The van der Waals surface area contributed by atoms with Gasteiger partial charge in [-0.2, -0.15) is 0 Å². The van der Waals surface area contributed by atoms with Gasteiger partial charge in [-0.25, -0.2) is 0 Å². The smallest absolute Gasteiger partial charge is 0.305 e. The van der Waals surface area contributed by atoms with Gasteiger partial charge in [0.2, 0.25) is 0 Å². The van der Waals surface area contributed by atoms with Crippen LogP contribution < -0.4 is 10.5 Å². The third-order valence-electron chi connectivity index (χ3n) is 7.98. The Labute approximate surface area is 314 Å². The number of nitrogen functional groups attached to an aromatic ring is 1. The zero-order valence-electron chi connectivity index (χ0n) is 32.5. The maximum atomic E-state index is 11.9. The third-order valence-corrected chi connectivity index (χ3v) is 7.98. The highest BCUT2D eigenvalue weighted by molar-refractivity contribution is 5.69. The van der Waals surface area contributed by atoms with Crippen molar-refractivity contribution in [2.24, 2.45) is 0 Å². The summed E-state index contributed by atoms with van der Waals surface area (Å²) >= 11 is 0. The zero-order chi connectivity index (χ0) is 37.3. The van der Waals surface area contributed by atoms with Crippen LogP contribution in [0.5, 0.6) is 5.75 Å². The zero-order valence-corrected chi connectivity index (χ0v) is 32.5. The Hall–Kier alpha value is -2.03. The molecule has 0 fully saturated rings. The summed E-state index contributed by atoms with van der Waals surface area (Å²) in [5, 5.41) is 0. The van der Waals surface area contributed by atoms with Gasteiger partial charge in [-0.3, -0.25) is 4.79 Å². The number of para-hydroxylation sites is 2. The molecule has 0 aliphatic carbocycles. The second kappa shape index (κ2) is 40.2. The van der Waals surface area contributed by atoms with Crippen LogP contribution in [0.1, 0.15) is 96.8 Å². The number of rotatable bonds is 42. The summed E-state index contributed by atoms with van der Waals surface area (Å²) in [4.78, 5) is 11.9. The van der Waals surface area contributed by atoms with E-state index in [0.29, 0.717) is 130 Å². The van der Waals surface area contributed by atoms with Gasteiger partial charge in [0.15, 0.2) is 0 Å². The lowest BCUT2D eigenvalue weighted by Crippen LogP contribution is -2.15. The molecule has 0 saturated carbocycles. The van der Waals surface area contributed by atoms with Crippen LogP contribution in [0.4, 0.5) is 5.69 Å². The highest BCUT2D eigenvalue weighted by Crippen LogP contribution is 2.19. The number of hydrogen-bond acceptors (Lipinski definition) is 12. The lowest BCUT2D eigenvalue weighted by molar-refractivity contribution is -0.145. The van der Waals surface area contributed by atoms with Gasteiger partial charge in [0.25, 0.3) is 0 Å². The normalized spacial score (nSPS) is 11.3. The molecule has 0 aromatic heterocycles. The molecule has 1 aromatic rings. The molecule has 12 heteroatoms. The Morgan fingerprint density at radius 1 is 0.442 bits per heavy atom. The van der Waals surface area contributed by atoms with E-state index in [1.165, 1.54) is 70.6 Å². The third kappa shape index (κ3) is 35.0. The molecule has 12 nitrogen and oxygen atoms in total. The summed E-state index contributed by atoms with van der Waals surface area (Å²) in [6, 6.07) is 7.38. The number of nitrogens with two attached hydrogens (primary N) is 1. The largest absolute Gasteiger partial charge is 0.489 e. The SMILES string of the molecule is CCCCCCCCCCCCCCCC(=O)OCCOCCOCCOCCOCCOCCOCCOCCOCCOc1ccccc1N. The molecule has 0 unspecified atom stereocenters. The summed E-state index contributed by atoms with van der Waals surface area (Å²) in [6.07, 6.45) is 17.3. The summed E-state index contributed by atoms with van der Waals surface area (Å²) in [5.41, 5.74) is 6.44. The van der Waals surface area contributed by atoms with E-state index in [2.05, 4.69) is 6.92 Å². The topological polar surface area (TPSA) is 135 Å². The predicted octanol–water partition coefficient (Wildman–Crippen LogP) is 6.80. The molecule has 1 aromatic carbocycles. The summed E-state index contributed by atoms with van der Waals surface area (Å²) < 4.78 is 54.7. The number of ether oxygens (including phenoxy) is 10. The molecule has 0 heterocycles. The van der Waals surface area contributed by atoms with Crippen molar-refractivity contribution in [3.05, 3.63) is 24.3 Å². The maximum Gasteiger partial charge on any atom is 0.305 e. The highest BCUT2D eigenvalue weighted by Gasteiger charge is 2.03. The molecule has 0 aliphatic heterocycles. The number of hydrogen-bond donors (Lipinski definition) is 1. The Bertz CT molecular complexity index is 880. The average molecular weight is 744 g/mol. The minimum atomic E-state index is -0.132. The second-order valence-electron chi connectivity index (χ2n) is 12.5. The maximum absolute atomic E-state index is 11.9. The first kappa shape index (κ1) is 48.0. The lowest BCUT2D eigenvalue weighted by Gasteiger charge is -2.09. The number of anilines is 1. The van der Waals surface area contributed by atoms with Gasteiger partial charge < -0.3 is 53.1 Å². The standard InChI is InChI=1S/C40H73NO11/c1-2-3-4-5-6-7-8-9-10-11-12-13-14-19-40(42)52-37-35-50-33-31-48-29-27-46-25-23-44-21-20-43-22-24-45-26-28-47-30-32-49-34-36-51-39-18-16-15-17-38(39)41/h15-18H,2-14,19-37,41H2,1H3. The fourth-order valence-electron chi connectivity index (χ4n) is 5.04. The molecule has 2 N–H and O–H groups in total. The molecule has 0 bridgehead atoms. The molecule has 0 spiro atoms. The van der Waals surface area contributed by atoms with Crippen molar-refractivity contribution >= 4 is 11.7 Å². The van der Waals surface area contributed by atoms with E-state index < -0.39 is 0 Å². The van der Waals surface area contributed by atoms with Crippen LogP contribution in [0.2, 0.25) is 0 Å². The van der Waals surface area contributed by atoms with Gasteiger partial charge in [-0.15, -0.1) is 0 Å².